The van der Waals surface area contributed by atoms with Gasteiger partial charge in [0.2, 0.25) is 0 Å². The molecule has 19 heavy (non-hydrogen) atoms. The molecular formula is C12H13FINO4. The number of ether oxygens (including phenoxy) is 1. The van der Waals surface area contributed by atoms with Crippen LogP contribution in [0.5, 0.6) is 0 Å². The van der Waals surface area contributed by atoms with Gasteiger partial charge >= 0.3 is 5.97 Å². The second-order valence-corrected chi connectivity index (χ2v) is 4.93. The number of carboxylic acids is 1. The lowest BCUT2D eigenvalue weighted by Gasteiger charge is -2.14. The summed E-state index contributed by atoms with van der Waals surface area (Å²) in [5.74, 6) is -2.13. The summed E-state index contributed by atoms with van der Waals surface area (Å²) in [7, 11) is 1.45. The fraction of sp³-hybridized carbons (Fsp3) is 0.333. The summed E-state index contributed by atoms with van der Waals surface area (Å²) in [4.78, 5) is 22.9. The van der Waals surface area contributed by atoms with Crippen LogP contribution in [0.4, 0.5) is 4.39 Å². The number of methoxy groups -OCH3 is 1. The number of benzene rings is 1. The smallest absolute Gasteiger partial charge is 0.326 e. The Hall–Kier alpha value is -1.22. The molecule has 1 amide bonds. The molecule has 1 aromatic rings. The van der Waals surface area contributed by atoms with E-state index in [1.807, 2.05) is 22.6 Å². The molecule has 0 heterocycles. The highest BCUT2D eigenvalue weighted by molar-refractivity contribution is 14.1. The molecule has 5 nitrogen and oxygen atoms in total. The Bertz CT molecular complexity index is 481. The predicted molar refractivity (Wildman–Crippen MR) is 74.5 cm³/mol. The lowest BCUT2D eigenvalue weighted by Crippen LogP contribution is -2.41. The van der Waals surface area contributed by atoms with Gasteiger partial charge in [-0.25, -0.2) is 9.18 Å². The molecule has 0 fully saturated rings. The number of aliphatic carboxylic acids is 1. The number of halogens is 2. The van der Waals surface area contributed by atoms with E-state index in [4.69, 9.17) is 9.84 Å². The van der Waals surface area contributed by atoms with E-state index in [0.29, 0.717) is 3.57 Å². The molecule has 1 unspecified atom stereocenters. The SMILES string of the molecule is COCCC(NC(=O)c1ccc(F)cc1I)C(=O)O. The molecule has 104 valence electrons. The highest BCUT2D eigenvalue weighted by atomic mass is 127. The molecule has 0 saturated carbocycles. The van der Waals surface area contributed by atoms with Gasteiger partial charge in [-0.3, -0.25) is 4.79 Å². The van der Waals surface area contributed by atoms with Crippen molar-refractivity contribution < 1.29 is 23.8 Å². The number of hydrogen-bond acceptors (Lipinski definition) is 3. The average molecular weight is 381 g/mol. The molecule has 1 atom stereocenters. The zero-order valence-electron chi connectivity index (χ0n) is 10.2. The minimum Gasteiger partial charge on any atom is -0.480 e. The fourth-order valence-electron chi connectivity index (χ4n) is 1.40. The molecule has 0 aliphatic rings. The van der Waals surface area contributed by atoms with Crippen LogP contribution in [0.2, 0.25) is 0 Å². The van der Waals surface area contributed by atoms with Crippen molar-refractivity contribution in [3.05, 3.63) is 33.1 Å². The van der Waals surface area contributed by atoms with Crippen LogP contribution in [-0.2, 0) is 9.53 Å². The predicted octanol–water partition coefficient (Wildman–Crippen LogP) is 1.65. The third-order valence-corrected chi connectivity index (χ3v) is 3.28. The Morgan fingerprint density at radius 2 is 2.21 bits per heavy atom. The van der Waals surface area contributed by atoms with E-state index in [2.05, 4.69) is 5.32 Å². The number of carboxylic acid groups (broad SMARTS) is 1. The Balaban J connectivity index is 2.78. The van der Waals surface area contributed by atoms with Gasteiger partial charge < -0.3 is 15.2 Å². The van der Waals surface area contributed by atoms with Gasteiger partial charge in [0.1, 0.15) is 11.9 Å². The highest BCUT2D eigenvalue weighted by Gasteiger charge is 2.21. The van der Waals surface area contributed by atoms with Crippen LogP contribution in [0.3, 0.4) is 0 Å². The van der Waals surface area contributed by atoms with E-state index in [1.165, 1.54) is 19.2 Å². The average Bonchev–Trinajstić information content (AvgIpc) is 2.33. The van der Waals surface area contributed by atoms with Gasteiger partial charge in [-0.2, -0.15) is 0 Å². The summed E-state index contributed by atoms with van der Waals surface area (Å²) in [5.41, 5.74) is 0.241. The molecule has 0 aliphatic carbocycles. The third-order valence-electron chi connectivity index (χ3n) is 2.39. The van der Waals surface area contributed by atoms with E-state index in [-0.39, 0.29) is 18.6 Å². The maximum absolute atomic E-state index is 12.9. The third kappa shape index (κ3) is 4.75. The summed E-state index contributed by atoms with van der Waals surface area (Å²) >= 11 is 1.82. The van der Waals surface area contributed by atoms with Crippen LogP contribution >= 0.6 is 22.6 Å². The second-order valence-electron chi connectivity index (χ2n) is 3.77. The molecule has 0 bridgehead atoms. The molecular weight excluding hydrogens is 368 g/mol. The van der Waals surface area contributed by atoms with Gasteiger partial charge in [0, 0.05) is 23.7 Å². The first-order chi connectivity index (χ1) is 8.95. The fourth-order valence-corrected chi connectivity index (χ4v) is 2.12. The zero-order valence-corrected chi connectivity index (χ0v) is 12.3. The topological polar surface area (TPSA) is 75.6 Å². The van der Waals surface area contributed by atoms with Gasteiger partial charge in [0.15, 0.2) is 0 Å². The Morgan fingerprint density at radius 1 is 1.53 bits per heavy atom. The van der Waals surface area contributed by atoms with Crippen molar-refractivity contribution in [3.8, 4) is 0 Å². The van der Waals surface area contributed by atoms with E-state index < -0.39 is 23.7 Å². The van der Waals surface area contributed by atoms with E-state index in [0.717, 1.165) is 6.07 Å². The normalized spacial score (nSPS) is 11.9. The van der Waals surface area contributed by atoms with Crippen LogP contribution in [-0.4, -0.2) is 36.7 Å². The van der Waals surface area contributed by atoms with Gasteiger partial charge in [0.05, 0.1) is 5.56 Å². The molecule has 0 aromatic heterocycles. The Labute approximate surface area is 123 Å². The summed E-state index contributed by atoms with van der Waals surface area (Å²) in [6, 6.07) is 2.65. The van der Waals surface area contributed by atoms with Crippen LogP contribution in [0.15, 0.2) is 18.2 Å². The first kappa shape index (κ1) is 15.8. The number of amides is 1. The van der Waals surface area contributed by atoms with Crippen LogP contribution in [0.1, 0.15) is 16.8 Å². The number of hydrogen-bond donors (Lipinski definition) is 2. The van der Waals surface area contributed by atoms with Crippen molar-refractivity contribution in [1.29, 1.82) is 0 Å². The van der Waals surface area contributed by atoms with Gasteiger partial charge in [-0.05, 0) is 40.8 Å². The van der Waals surface area contributed by atoms with Crippen molar-refractivity contribution in [2.24, 2.45) is 0 Å². The van der Waals surface area contributed by atoms with Gasteiger partial charge in [-0.1, -0.05) is 0 Å². The van der Waals surface area contributed by atoms with E-state index in [9.17, 15) is 14.0 Å². The van der Waals surface area contributed by atoms with Gasteiger partial charge in [0.25, 0.3) is 5.91 Å². The van der Waals surface area contributed by atoms with Crippen LogP contribution in [0, 0.1) is 9.39 Å². The zero-order chi connectivity index (χ0) is 14.4. The summed E-state index contributed by atoms with van der Waals surface area (Å²) in [6.07, 6.45) is 0.162. The number of carbonyl (C=O) groups excluding carboxylic acids is 1. The van der Waals surface area contributed by atoms with Crippen molar-refractivity contribution in [3.63, 3.8) is 0 Å². The lowest BCUT2D eigenvalue weighted by molar-refractivity contribution is -0.139. The van der Waals surface area contributed by atoms with Crippen molar-refractivity contribution in [1.82, 2.24) is 5.32 Å². The molecule has 0 spiro atoms. The Morgan fingerprint density at radius 3 is 2.74 bits per heavy atom. The quantitative estimate of drug-likeness (QED) is 0.735. The molecule has 0 radical (unpaired) electrons. The maximum Gasteiger partial charge on any atom is 0.326 e. The van der Waals surface area contributed by atoms with E-state index in [1.54, 1.807) is 0 Å². The lowest BCUT2D eigenvalue weighted by atomic mass is 10.1. The van der Waals surface area contributed by atoms with Crippen molar-refractivity contribution >= 4 is 34.5 Å². The minimum atomic E-state index is -1.14. The van der Waals surface area contributed by atoms with Crippen LogP contribution in [0.25, 0.3) is 0 Å². The number of nitrogens with one attached hydrogen (secondary N) is 1. The first-order valence-corrected chi connectivity index (χ1v) is 6.51. The molecule has 0 aliphatic heterocycles. The Kier molecular flexibility index (Phi) is 6.16. The second kappa shape index (κ2) is 7.39. The molecule has 1 rings (SSSR count). The number of carbonyl (C=O) groups is 2. The summed E-state index contributed by atoms with van der Waals surface area (Å²) in [5, 5.41) is 11.4. The van der Waals surface area contributed by atoms with Crippen molar-refractivity contribution in [2.45, 2.75) is 12.5 Å². The van der Waals surface area contributed by atoms with Gasteiger partial charge in [-0.15, -0.1) is 0 Å². The first-order valence-electron chi connectivity index (χ1n) is 5.43. The molecule has 1 aromatic carbocycles. The number of rotatable bonds is 6. The summed E-state index contributed by atoms with van der Waals surface area (Å²) < 4.78 is 18.1. The van der Waals surface area contributed by atoms with Crippen molar-refractivity contribution in [2.75, 3.05) is 13.7 Å². The van der Waals surface area contributed by atoms with E-state index >= 15 is 0 Å². The standard InChI is InChI=1S/C12H13FINO4/c1-19-5-4-10(12(17)18)15-11(16)8-3-2-7(13)6-9(8)14/h2-3,6,10H,4-5H2,1H3,(H,15,16)(H,17,18). The summed E-state index contributed by atoms with van der Waals surface area (Å²) in [6.45, 7) is 0.220. The molecule has 7 heteroatoms. The van der Waals surface area contributed by atoms with Crippen LogP contribution < -0.4 is 5.32 Å². The maximum atomic E-state index is 12.9. The monoisotopic (exact) mass is 381 g/mol. The highest BCUT2D eigenvalue weighted by Crippen LogP contribution is 2.14. The molecule has 0 saturated heterocycles. The minimum absolute atomic E-state index is 0.162. The largest absolute Gasteiger partial charge is 0.480 e. The molecule has 2 N–H and O–H groups in total.